The third-order valence-corrected chi connectivity index (χ3v) is 1.59. The lowest BCUT2D eigenvalue weighted by molar-refractivity contribution is -0.305. The molecule has 0 aliphatic carbocycles. The van der Waals surface area contributed by atoms with Crippen molar-refractivity contribution in [2.45, 2.75) is 39.5 Å². The summed E-state index contributed by atoms with van der Waals surface area (Å²) in [5.74, 6) is -0.986. The molecule has 0 aliphatic rings. The molecule has 0 saturated carbocycles. The van der Waals surface area contributed by atoms with Crippen molar-refractivity contribution in [3.8, 4) is 0 Å². The van der Waals surface area contributed by atoms with Crippen molar-refractivity contribution in [1.82, 2.24) is 0 Å². The fourth-order valence-electron chi connectivity index (χ4n) is 0.870. The van der Waals surface area contributed by atoms with E-state index in [1.54, 1.807) is 0 Å². The second-order valence-corrected chi connectivity index (χ2v) is 3.66. The maximum absolute atomic E-state index is 11.0. The molecule has 0 bridgehead atoms. The van der Waals surface area contributed by atoms with Crippen molar-refractivity contribution in [2.75, 3.05) is 6.61 Å². The molecule has 0 unspecified atom stereocenters. The Morgan fingerprint density at radius 1 is 1.21 bits per heavy atom. The van der Waals surface area contributed by atoms with E-state index in [0.717, 1.165) is 0 Å². The number of rotatable bonds is 7. The Morgan fingerprint density at radius 3 is 2.29 bits per heavy atom. The lowest BCUT2D eigenvalue weighted by Gasteiger charge is -2.06. The summed E-state index contributed by atoms with van der Waals surface area (Å²) in [6, 6.07) is 0. The van der Waals surface area contributed by atoms with Crippen LogP contribution in [0.1, 0.15) is 39.5 Å². The highest BCUT2D eigenvalue weighted by Gasteiger charge is 2.03. The van der Waals surface area contributed by atoms with Crippen LogP contribution in [0.4, 0.5) is 0 Å². The van der Waals surface area contributed by atoms with Crippen LogP contribution in [0.25, 0.3) is 0 Å². The van der Waals surface area contributed by atoms with Gasteiger partial charge in [-0.2, -0.15) is 0 Å². The predicted octanol–water partition coefficient (Wildman–Crippen LogP) is 0.496. The number of aliphatic carboxylic acids is 1. The summed E-state index contributed by atoms with van der Waals surface area (Å²) in [5, 5.41) is 10.0. The van der Waals surface area contributed by atoms with Crippen molar-refractivity contribution in [3.63, 3.8) is 0 Å². The molecule has 0 aliphatic heterocycles. The zero-order chi connectivity index (χ0) is 11.0. The largest absolute Gasteiger partial charge is 0.550 e. The van der Waals surface area contributed by atoms with E-state index in [0.29, 0.717) is 31.8 Å². The Morgan fingerprint density at radius 2 is 1.79 bits per heavy atom. The van der Waals surface area contributed by atoms with Crippen LogP contribution in [0.5, 0.6) is 0 Å². The number of hydrogen-bond donors (Lipinski definition) is 0. The summed E-state index contributed by atoms with van der Waals surface area (Å²) in [7, 11) is 0. The summed E-state index contributed by atoms with van der Waals surface area (Å²) >= 11 is 0. The van der Waals surface area contributed by atoms with Crippen LogP contribution >= 0.6 is 0 Å². The van der Waals surface area contributed by atoms with E-state index in [2.05, 4.69) is 0 Å². The van der Waals surface area contributed by atoms with Gasteiger partial charge in [0, 0.05) is 12.4 Å². The summed E-state index contributed by atoms with van der Waals surface area (Å²) in [4.78, 5) is 21.0. The Bertz CT molecular complexity index is 187. The smallest absolute Gasteiger partial charge is 0.305 e. The lowest BCUT2D eigenvalue weighted by Crippen LogP contribution is -2.21. The Hall–Kier alpha value is -1.06. The minimum absolute atomic E-state index is 0.0114. The molecule has 4 nitrogen and oxygen atoms in total. The van der Waals surface area contributed by atoms with Crippen LogP contribution in [0.2, 0.25) is 0 Å². The monoisotopic (exact) mass is 201 g/mol. The molecule has 82 valence electrons. The van der Waals surface area contributed by atoms with Crippen LogP contribution < -0.4 is 5.11 Å². The van der Waals surface area contributed by atoms with E-state index in [1.807, 2.05) is 13.8 Å². The van der Waals surface area contributed by atoms with E-state index in [9.17, 15) is 14.7 Å². The minimum Gasteiger partial charge on any atom is -0.550 e. The molecule has 0 radical (unpaired) electrons. The molecule has 0 aromatic rings. The van der Waals surface area contributed by atoms with Crippen molar-refractivity contribution in [2.24, 2.45) is 5.92 Å². The maximum Gasteiger partial charge on any atom is 0.305 e. The molecule has 0 rings (SSSR count). The molecule has 0 spiro atoms. The summed E-state index contributed by atoms with van der Waals surface area (Å²) < 4.78 is 4.91. The molecule has 0 aromatic carbocycles. The SMILES string of the molecule is CC(C)COC(=O)CCCCC(=O)[O-]. The Balaban J connectivity index is 3.31. The molecule has 0 amide bonds. The van der Waals surface area contributed by atoms with Gasteiger partial charge in [0.25, 0.3) is 0 Å². The topological polar surface area (TPSA) is 66.4 Å². The quantitative estimate of drug-likeness (QED) is 0.444. The summed E-state index contributed by atoms with van der Waals surface area (Å²) in [5.41, 5.74) is 0. The van der Waals surface area contributed by atoms with E-state index in [4.69, 9.17) is 4.74 Å². The van der Waals surface area contributed by atoms with Gasteiger partial charge in [-0.1, -0.05) is 13.8 Å². The predicted molar refractivity (Wildman–Crippen MR) is 49.3 cm³/mol. The number of carboxylic acids is 1. The second kappa shape index (κ2) is 7.35. The minimum atomic E-state index is -1.07. The van der Waals surface area contributed by atoms with E-state index >= 15 is 0 Å². The first-order valence-corrected chi connectivity index (χ1v) is 4.88. The average Bonchev–Trinajstić information content (AvgIpc) is 2.08. The summed E-state index contributed by atoms with van der Waals surface area (Å²) in [6.45, 7) is 4.35. The molecule has 0 atom stereocenters. The first-order valence-electron chi connectivity index (χ1n) is 4.88. The normalized spacial score (nSPS) is 10.2. The maximum atomic E-state index is 11.0. The fraction of sp³-hybridized carbons (Fsp3) is 0.800. The number of esters is 1. The van der Waals surface area contributed by atoms with E-state index < -0.39 is 5.97 Å². The van der Waals surface area contributed by atoms with Gasteiger partial charge >= 0.3 is 5.97 Å². The van der Waals surface area contributed by atoms with Gasteiger partial charge in [0.1, 0.15) is 0 Å². The van der Waals surface area contributed by atoms with Gasteiger partial charge in [0.2, 0.25) is 0 Å². The van der Waals surface area contributed by atoms with Gasteiger partial charge < -0.3 is 14.6 Å². The standard InChI is InChI=1S/C10H18O4/c1-8(2)7-14-10(13)6-4-3-5-9(11)12/h8H,3-7H2,1-2H3,(H,11,12)/p-1. The van der Waals surface area contributed by atoms with Gasteiger partial charge in [-0.3, -0.25) is 4.79 Å². The molecular formula is C10H17O4-. The fourth-order valence-corrected chi connectivity index (χ4v) is 0.870. The van der Waals surface area contributed by atoms with Crippen LogP contribution in [0, 0.1) is 5.92 Å². The van der Waals surface area contributed by atoms with Crippen molar-refractivity contribution < 1.29 is 19.4 Å². The highest BCUT2D eigenvalue weighted by Crippen LogP contribution is 2.02. The van der Waals surface area contributed by atoms with Gasteiger partial charge in [0.15, 0.2) is 0 Å². The number of carbonyl (C=O) groups is 2. The van der Waals surface area contributed by atoms with Crippen LogP contribution in [-0.2, 0) is 14.3 Å². The van der Waals surface area contributed by atoms with Crippen molar-refractivity contribution in [1.29, 1.82) is 0 Å². The Labute approximate surface area is 84.3 Å². The number of hydrogen-bond acceptors (Lipinski definition) is 4. The molecular weight excluding hydrogens is 184 g/mol. The molecule has 0 N–H and O–H groups in total. The molecule has 0 heterocycles. The first-order chi connectivity index (χ1) is 6.52. The Kier molecular flexibility index (Phi) is 6.80. The average molecular weight is 201 g/mol. The molecule has 0 fully saturated rings. The van der Waals surface area contributed by atoms with Gasteiger partial charge in [-0.15, -0.1) is 0 Å². The van der Waals surface area contributed by atoms with Crippen molar-refractivity contribution in [3.05, 3.63) is 0 Å². The zero-order valence-corrected chi connectivity index (χ0v) is 8.75. The highest BCUT2D eigenvalue weighted by molar-refractivity contribution is 5.69. The zero-order valence-electron chi connectivity index (χ0n) is 8.75. The number of unbranched alkanes of at least 4 members (excludes halogenated alkanes) is 1. The van der Waals surface area contributed by atoms with Crippen LogP contribution in [0.3, 0.4) is 0 Å². The number of carbonyl (C=O) groups excluding carboxylic acids is 2. The van der Waals surface area contributed by atoms with Gasteiger partial charge in [0.05, 0.1) is 6.61 Å². The van der Waals surface area contributed by atoms with Gasteiger partial charge in [-0.05, 0) is 25.2 Å². The van der Waals surface area contributed by atoms with Crippen molar-refractivity contribution >= 4 is 11.9 Å². The second-order valence-electron chi connectivity index (χ2n) is 3.66. The van der Waals surface area contributed by atoms with E-state index in [1.165, 1.54) is 0 Å². The number of ether oxygens (including phenoxy) is 1. The molecule has 0 saturated heterocycles. The van der Waals surface area contributed by atoms with Gasteiger partial charge in [-0.25, -0.2) is 0 Å². The third kappa shape index (κ3) is 9.03. The molecule has 14 heavy (non-hydrogen) atoms. The first kappa shape index (κ1) is 12.9. The van der Waals surface area contributed by atoms with Crippen LogP contribution in [0.15, 0.2) is 0 Å². The third-order valence-electron chi connectivity index (χ3n) is 1.59. The molecule has 4 heteroatoms. The van der Waals surface area contributed by atoms with E-state index in [-0.39, 0.29) is 12.4 Å². The number of carboxylic acid groups (broad SMARTS) is 1. The molecule has 0 aromatic heterocycles. The highest BCUT2D eigenvalue weighted by atomic mass is 16.5. The lowest BCUT2D eigenvalue weighted by atomic mass is 10.2. The van der Waals surface area contributed by atoms with Crippen LogP contribution in [-0.4, -0.2) is 18.5 Å². The summed E-state index contributed by atoms with van der Waals surface area (Å²) in [6.07, 6.45) is 1.32.